The zero-order valence-corrected chi connectivity index (χ0v) is 15.8. The van der Waals surface area contributed by atoms with Gasteiger partial charge in [-0.25, -0.2) is 0 Å². The summed E-state index contributed by atoms with van der Waals surface area (Å²) >= 11 is 2.38. The molecule has 1 atom stereocenters. The molecule has 3 rings (SSSR count). The Morgan fingerprint density at radius 2 is 1.68 bits per heavy atom. The van der Waals surface area contributed by atoms with Gasteiger partial charge >= 0.3 is 0 Å². The van der Waals surface area contributed by atoms with Gasteiger partial charge in [0.15, 0.2) is 0 Å². The van der Waals surface area contributed by atoms with Gasteiger partial charge in [0.25, 0.3) is 0 Å². The average molecular weight is 406 g/mol. The molecule has 0 aromatic heterocycles. The van der Waals surface area contributed by atoms with E-state index in [-0.39, 0.29) is 0 Å². The molecule has 2 aliphatic carbocycles. The van der Waals surface area contributed by atoms with E-state index in [1.165, 1.54) is 54.1 Å². The molecule has 1 unspecified atom stereocenters. The monoisotopic (exact) mass is 406 g/mol. The van der Waals surface area contributed by atoms with Crippen LogP contribution in [0.3, 0.4) is 0 Å². The highest BCUT2D eigenvalue weighted by molar-refractivity contribution is 14.1. The summed E-state index contributed by atoms with van der Waals surface area (Å²) in [6.45, 7) is 2.16. The third kappa shape index (κ3) is 4.04. The first kappa shape index (κ1) is 16.3. The number of halogens is 1. The van der Waals surface area contributed by atoms with Crippen LogP contribution in [0, 0.1) is 21.3 Å². The molecular weight excluding hydrogens is 379 g/mol. The molecule has 1 fully saturated rings. The summed E-state index contributed by atoms with van der Waals surface area (Å²) in [6, 6.07) is 9.03. The van der Waals surface area contributed by atoms with Gasteiger partial charge in [-0.1, -0.05) is 30.4 Å². The van der Waals surface area contributed by atoms with Crippen molar-refractivity contribution in [3.8, 4) is 0 Å². The molecule has 0 amide bonds. The number of allylic oxidation sites excluding steroid dienone is 4. The quantitative estimate of drug-likeness (QED) is 0.380. The van der Waals surface area contributed by atoms with Gasteiger partial charge in [-0.05, 0) is 115 Å². The van der Waals surface area contributed by atoms with Gasteiger partial charge < -0.3 is 0 Å². The van der Waals surface area contributed by atoms with Gasteiger partial charge in [-0.3, -0.25) is 0 Å². The minimum Gasteiger partial charge on any atom is -0.0914 e. The van der Waals surface area contributed by atoms with Crippen molar-refractivity contribution < 1.29 is 0 Å². The molecule has 118 valence electrons. The van der Waals surface area contributed by atoms with Crippen LogP contribution < -0.4 is 0 Å². The average Bonchev–Trinajstić information content (AvgIpc) is 2.57. The minimum atomic E-state index is 0.864. The summed E-state index contributed by atoms with van der Waals surface area (Å²) < 4.78 is 1.33. The Kier molecular flexibility index (Phi) is 5.78. The third-order valence-corrected chi connectivity index (χ3v) is 6.33. The van der Waals surface area contributed by atoms with Crippen molar-refractivity contribution in [3.05, 3.63) is 51.6 Å². The van der Waals surface area contributed by atoms with Crippen molar-refractivity contribution in [3.63, 3.8) is 0 Å². The maximum Gasteiger partial charge on any atom is 0.0130 e. The van der Waals surface area contributed by atoms with Crippen LogP contribution in [0.5, 0.6) is 0 Å². The Labute approximate surface area is 149 Å². The van der Waals surface area contributed by atoms with E-state index in [4.69, 9.17) is 0 Å². The Balaban J connectivity index is 1.56. The number of benzene rings is 1. The van der Waals surface area contributed by atoms with E-state index in [2.05, 4.69) is 72.0 Å². The van der Waals surface area contributed by atoms with Gasteiger partial charge in [-0.15, -0.1) is 0 Å². The van der Waals surface area contributed by atoms with Crippen LogP contribution in [0.1, 0.15) is 57.4 Å². The van der Waals surface area contributed by atoms with Crippen LogP contribution in [0.2, 0.25) is 0 Å². The number of hydrogen-bond acceptors (Lipinski definition) is 0. The van der Waals surface area contributed by atoms with Crippen LogP contribution in [-0.4, -0.2) is 0 Å². The fraction of sp³-hybridized carbons (Fsp3) is 0.524. The van der Waals surface area contributed by atoms with Gasteiger partial charge in [-0.2, -0.15) is 0 Å². The lowest BCUT2D eigenvalue weighted by atomic mass is 9.71. The van der Waals surface area contributed by atoms with E-state index in [1.54, 1.807) is 5.57 Å². The standard InChI is InChI=1S/C21H27I/c1-2-3-16-4-6-17(7-5-16)18-8-10-19(11-9-18)20-12-14-21(22)15-13-20/h2-3,10,12-18H,4-9,11H2,1H3/b3-2+. The molecule has 0 bridgehead atoms. The Bertz CT molecular complexity index is 530. The smallest absolute Gasteiger partial charge is 0.0130 e. The molecule has 0 heterocycles. The molecule has 1 saturated carbocycles. The van der Waals surface area contributed by atoms with E-state index >= 15 is 0 Å². The lowest BCUT2D eigenvalue weighted by molar-refractivity contribution is 0.212. The molecule has 0 saturated heterocycles. The first-order chi connectivity index (χ1) is 10.8. The van der Waals surface area contributed by atoms with Crippen molar-refractivity contribution in [2.75, 3.05) is 0 Å². The van der Waals surface area contributed by atoms with E-state index in [0.717, 1.165) is 17.8 Å². The SMILES string of the molecule is C/C=C/C1CCC(C2CC=C(c3ccc(I)cc3)CC2)CC1. The van der Waals surface area contributed by atoms with Gasteiger partial charge in [0.1, 0.15) is 0 Å². The minimum absolute atomic E-state index is 0.864. The summed E-state index contributed by atoms with van der Waals surface area (Å²) in [5.74, 6) is 2.79. The maximum atomic E-state index is 2.54. The molecule has 22 heavy (non-hydrogen) atoms. The second-order valence-electron chi connectivity index (χ2n) is 6.97. The molecule has 0 radical (unpaired) electrons. The normalized spacial score (nSPS) is 29.5. The predicted molar refractivity (Wildman–Crippen MR) is 105 cm³/mol. The van der Waals surface area contributed by atoms with E-state index in [1.807, 2.05) is 0 Å². The van der Waals surface area contributed by atoms with Crippen molar-refractivity contribution in [2.24, 2.45) is 17.8 Å². The highest BCUT2D eigenvalue weighted by Gasteiger charge is 2.27. The lowest BCUT2D eigenvalue weighted by Crippen LogP contribution is -2.22. The van der Waals surface area contributed by atoms with E-state index in [9.17, 15) is 0 Å². The van der Waals surface area contributed by atoms with Gasteiger partial charge in [0.05, 0.1) is 0 Å². The molecule has 2 aliphatic rings. The molecule has 0 N–H and O–H groups in total. The van der Waals surface area contributed by atoms with Crippen LogP contribution >= 0.6 is 22.6 Å². The Hall–Kier alpha value is -0.570. The second-order valence-corrected chi connectivity index (χ2v) is 8.22. The van der Waals surface area contributed by atoms with Crippen molar-refractivity contribution in [1.29, 1.82) is 0 Å². The summed E-state index contributed by atoms with van der Waals surface area (Å²) in [7, 11) is 0. The first-order valence-electron chi connectivity index (χ1n) is 8.84. The Morgan fingerprint density at radius 3 is 2.27 bits per heavy atom. The van der Waals surface area contributed by atoms with Crippen LogP contribution in [0.4, 0.5) is 0 Å². The number of rotatable bonds is 3. The molecular formula is C21H27I. The molecule has 0 aliphatic heterocycles. The number of hydrogen-bond donors (Lipinski definition) is 0. The van der Waals surface area contributed by atoms with Crippen LogP contribution in [-0.2, 0) is 0 Å². The van der Waals surface area contributed by atoms with Crippen molar-refractivity contribution >= 4 is 28.2 Å². The summed E-state index contributed by atoms with van der Waals surface area (Å²) in [5.41, 5.74) is 3.02. The van der Waals surface area contributed by atoms with Crippen LogP contribution in [0.25, 0.3) is 5.57 Å². The van der Waals surface area contributed by atoms with E-state index < -0.39 is 0 Å². The highest BCUT2D eigenvalue weighted by atomic mass is 127. The fourth-order valence-corrected chi connectivity index (χ4v) is 4.65. The fourth-order valence-electron chi connectivity index (χ4n) is 4.29. The summed E-state index contributed by atoms with van der Waals surface area (Å²) in [6.07, 6.45) is 16.9. The zero-order valence-electron chi connectivity index (χ0n) is 13.6. The summed E-state index contributed by atoms with van der Waals surface area (Å²) in [4.78, 5) is 0. The van der Waals surface area contributed by atoms with Gasteiger partial charge in [0, 0.05) is 3.57 Å². The molecule has 0 spiro atoms. The largest absolute Gasteiger partial charge is 0.0914 e. The molecule has 1 heteroatoms. The zero-order chi connectivity index (χ0) is 15.4. The predicted octanol–water partition coefficient (Wildman–Crippen LogP) is 6.86. The van der Waals surface area contributed by atoms with Crippen LogP contribution in [0.15, 0.2) is 42.5 Å². The maximum absolute atomic E-state index is 2.54. The third-order valence-electron chi connectivity index (χ3n) is 5.61. The second kappa shape index (κ2) is 7.81. The topological polar surface area (TPSA) is 0 Å². The first-order valence-corrected chi connectivity index (χ1v) is 9.92. The molecule has 1 aromatic carbocycles. The summed E-state index contributed by atoms with van der Waals surface area (Å²) in [5, 5.41) is 0. The molecule has 1 aromatic rings. The highest BCUT2D eigenvalue weighted by Crippen LogP contribution is 2.41. The van der Waals surface area contributed by atoms with Crippen molar-refractivity contribution in [1.82, 2.24) is 0 Å². The molecule has 0 nitrogen and oxygen atoms in total. The van der Waals surface area contributed by atoms with E-state index in [0.29, 0.717) is 0 Å². The lowest BCUT2D eigenvalue weighted by Gasteiger charge is -2.34. The Morgan fingerprint density at radius 1 is 0.955 bits per heavy atom. The van der Waals surface area contributed by atoms with Crippen molar-refractivity contribution in [2.45, 2.75) is 51.9 Å². The van der Waals surface area contributed by atoms with Gasteiger partial charge in [0.2, 0.25) is 0 Å².